The van der Waals surface area contributed by atoms with Crippen LogP contribution in [-0.2, 0) is 11.0 Å². The van der Waals surface area contributed by atoms with Gasteiger partial charge in [-0.25, -0.2) is 0 Å². The molecule has 2 fully saturated rings. The zero-order chi connectivity index (χ0) is 21.7. The van der Waals surface area contributed by atoms with E-state index in [1.165, 1.54) is 11.0 Å². The van der Waals surface area contributed by atoms with E-state index in [2.05, 4.69) is 6.58 Å². The number of amides is 1. The largest absolute Gasteiger partial charge is 0.417 e. The third-order valence-corrected chi connectivity index (χ3v) is 5.70. The van der Waals surface area contributed by atoms with Gasteiger partial charge in [0.15, 0.2) is 0 Å². The van der Waals surface area contributed by atoms with Gasteiger partial charge in [-0.3, -0.25) is 14.5 Å². The van der Waals surface area contributed by atoms with E-state index in [1.54, 1.807) is 35.2 Å². The lowest BCUT2D eigenvalue weighted by atomic mass is 9.75. The molecule has 1 saturated heterocycles. The third-order valence-electron chi connectivity index (χ3n) is 5.70. The molecule has 2 aromatic rings. The summed E-state index contributed by atoms with van der Waals surface area (Å²) in [6.45, 7) is 3.99. The minimum absolute atomic E-state index is 0.00890. The highest BCUT2D eigenvalue weighted by Crippen LogP contribution is 2.50. The fourth-order valence-electron chi connectivity index (χ4n) is 4.08. The van der Waals surface area contributed by atoms with Gasteiger partial charge in [0.1, 0.15) is 17.6 Å². The van der Waals surface area contributed by atoms with Crippen LogP contribution in [0.5, 0.6) is 0 Å². The van der Waals surface area contributed by atoms with Gasteiger partial charge in [0.25, 0.3) is 5.91 Å². The second-order valence-electron chi connectivity index (χ2n) is 7.33. The maximum absolute atomic E-state index is 13.4. The second-order valence-corrected chi connectivity index (χ2v) is 7.33. The standard InChI is InChI=1S/C22H16F3N3O2/c1-14-27(18-8-5-16(12-26)19(11-18)22(23,24)25)20(30)21(9-2-10-21)28(14)17-6-3-15(13-29)4-7-17/h3-8,11,13H,1-2,9-10H2. The molecule has 8 heteroatoms. The van der Waals surface area contributed by atoms with Crippen molar-refractivity contribution in [2.24, 2.45) is 0 Å². The van der Waals surface area contributed by atoms with E-state index >= 15 is 0 Å². The van der Waals surface area contributed by atoms with Crippen molar-refractivity contribution in [3.8, 4) is 6.07 Å². The quantitative estimate of drug-likeness (QED) is 0.691. The van der Waals surface area contributed by atoms with E-state index in [0.29, 0.717) is 30.4 Å². The maximum atomic E-state index is 13.4. The number of hydrogen-bond acceptors (Lipinski definition) is 4. The van der Waals surface area contributed by atoms with E-state index in [1.807, 2.05) is 0 Å². The van der Waals surface area contributed by atoms with Crippen LogP contribution in [0.4, 0.5) is 24.5 Å². The summed E-state index contributed by atoms with van der Waals surface area (Å²) >= 11 is 0. The summed E-state index contributed by atoms with van der Waals surface area (Å²) in [4.78, 5) is 27.2. The van der Waals surface area contributed by atoms with Gasteiger partial charge in [-0.2, -0.15) is 18.4 Å². The first kappa shape index (κ1) is 19.7. The average molecular weight is 411 g/mol. The SMILES string of the molecule is C=C1N(c2ccc(C#N)c(C(F)(F)F)c2)C(=O)C2(CCC2)N1c1ccc(C=O)cc1. The number of rotatable bonds is 3. The molecule has 1 heterocycles. The number of alkyl halides is 3. The van der Waals surface area contributed by atoms with Crippen molar-refractivity contribution < 1.29 is 22.8 Å². The molecule has 0 aromatic heterocycles. The molecule has 2 aliphatic rings. The Bertz CT molecular complexity index is 1100. The van der Waals surface area contributed by atoms with E-state index in [4.69, 9.17) is 5.26 Å². The molecule has 1 spiro atoms. The fourth-order valence-corrected chi connectivity index (χ4v) is 4.08. The zero-order valence-corrected chi connectivity index (χ0v) is 15.7. The lowest BCUT2D eigenvalue weighted by Crippen LogP contribution is -2.54. The molecule has 1 aliphatic heterocycles. The Kier molecular flexibility index (Phi) is 4.42. The van der Waals surface area contributed by atoms with Gasteiger partial charge < -0.3 is 4.90 Å². The van der Waals surface area contributed by atoms with E-state index in [-0.39, 0.29) is 17.4 Å². The van der Waals surface area contributed by atoms with Crippen molar-refractivity contribution in [1.82, 2.24) is 0 Å². The van der Waals surface area contributed by atoms with Crippen LogP contribution in [0.3, 0.4) is 0 Å². The highest BCUT2D eigenvalue weighted by molar-refractivity contribution is 6.11. The van der Waals surface area contributed by atoms with Crippen molar-refractivity contribution in [2.75, 3.05) is 9.80 Å². The summed E-state index contributed by atoms with van der Waals surface area (Å²) in [5.74, 6) is -0.118. The van der Waals surface area contributed by atoms with Crippen LogP contribution in [0.1, 0.15) is 40.7 Å². The number of halogens is 3. The van der Waals surface area contributed by atoms with Crippen LogP contribution in [-0.4, -0.2) is 17.7 Å². The predicted molar refractivity (Wildman–Crippen MR) is 104 cm³/mol. The summed E-state index contributed by atoms with van der Waals surface area (Å²) in [6, 6.07) is 11.3. The topological polar surface area (TPSA) is 64.4 Å². The van der Waals surface area contributed by atoms with Crippen molar-refractivity contribution in [3.63, 3.8) is 0 Å². The number of anilines is 2. The summed E-state index contributed by atoms with van der Waals surface area (Å²) in [5.41, 5.74) is -1.41. The van der Waals surface area contributed by atoms with Gasteiger partial charge in [-0.15, -0.1) is 0 Å². The van der Waals surface area contributed by atoms with Crippen molar-refractivity contribution in [2.45, 2.75) is 31.0 Å². The Morgan fingerprint density at radius 3 is 2.23 bits per heavy atom. The minimum Gasteiger partial charge on any atom is -0.313 e. The molecule has 152 valence electrons. The summed E-state index contributed by atoms with van der Waals surface area (Å²) in [6.07, 6.45) is -2.15. The van der Waals surface area contributed by atoms with Crippen LogP contribution < -0.4 is 9.80 Å². The molecule has 0 unspecified atom stereocenters. The Morgan fingerprint density at radius 2 is 1.73 bits per heavy atom. The van der Waals surface area contributed by atoms with Crippen molar-refractivity contribution in [1.29, 1.82) is 5.26 Å². The number of nitrogens with zero attached hydrogens (tertiary/aromatic N) is 3. The molecule has 4 rings (SSSR count). The Morgan fingerprint density at radius 1 is 1.10 bits per heavy atom. The van der Waals surface area contributed by atoms with Crippen molar-refractivity contribution >= 4 is 23.6 Å². The summed E-state index contributed by atoms with van der Waals surface area (Å²) in [7, 11) is 0. The van der Waals surface area contributed by atoms with E-state index in [0.717, 1.165) is 18.6 Å². The lowest BCUT2D eigenvalue weighted by Gasteiger charge is -2.43. The normalized spacial score (nSPS) is 17.8. The van der Waals surface area contributed by atoms with E-state index < -0.39 is 22.8 Å². The van der Waals surface area contributed by atoms with Gasteiger partial charge >= 0.3 is 6.18 Å². The molecule has 5 nitrogen and oxygen atoms in total. The molecule has 0 atom stereocenters. The Labute approximate surface area is 170 Å². The van der Waals surface area contributed by atoms with Gasteiger partial charge in [0, 0.05) is 11.3 Å². The zero-order valence-electron chi connectivity index (χ0n) is 15.7. The van der Waals surface area contributed by atoms with Crippen LogP contribution in [0, 0.1) is 11.3 Å². The van der Waals surface area contributed by atoms with Crippen LogP contribution in [0.25, 0.3) is 0 Å². The molecule has 2 aromatic carbocycles. The number of carbonyl (C=O) groups excluding carboxylic acids is 2. The summed E-state index contributed by atoms with van der Waals surface area (Å²) in [5, 5.41) is 9.02. The number of carbonyl (C=O) groups is 2. The number of hydrogen-bond donors (Lipinski definition) is 0. The van der Waals surface area contributed by atoms with Gasteiger partial charge in [-0.05, 0) is 61.7 Å². The highest BCUT2D eigenvalue weighted by atomic mass is 19.4. The molecular formula is C22H16F3N3O2. The third kappa shape index (κ3) is 2.77. The monoisotopic (exact) mass is 411 g/mol. The highest BCUT2D eigenvalue weighted by Gasteiger charge is 2.58. The average Bonchev–Trinajstić information content (AvgIpc) is 2.93. The second kappa shape index (κ2) is 6.73. The van der Waals surface area contributed by atoms with Gasteiger partial charge in [0.05, 0.1) is 22.9 Å². The van der Waals surface area contributed by atoms with Gasteiger partial charge in [0.2, 0.25) is 0 Å². The fraction of sp³-hybridized carbons (Fsp3) is 0.227. The molecule has 1 aliphatic carbocycles. The molecular weight excluding hydrogens is 395 g/mol. The minimum atomic E-state index is -4.73. The molecule has 1 amide bonds. The lowest BCUT2D eigenvalue weighted by molar-refractivity contribution is -0.137. The molecule has 0 bridgehead atoms. The van der Waals surface area contributed by atoms with Crippen LogP contribution in [0.15, 0.2) is 54.9 Å². The van der Waals surface area contributed by atoms with E-state index in [9.17, 15) is 22.8 Å². The van der Waals surface area contributed by atoms with Gasteiger partial charge in [-0.1, -0.05) is 6.58 Å². The molecule has 0 radical (unpaired) electrons. The molecule has 30 heavy (non-hydrogen) atoms. The molecule has 0 N–H and O–H groups in total. The summed E-state index contributed by atoms with van der Waals surface area (Å²) < 4.78 is 40.3. The Balaban J connectivity index is 1.81. The smallest absolute Gasteiger partial charge is 0.313 e. The maximum Gasteiger partial charge on any atom is 0.417 e. The number of benzene rings is 2. The van der Waals surface area contributed by atoms with Crippen LogP contribution in [0.2, 0.25) is 0 Å². The first-order valence-electron chi connectivity index (χ1n) is 9.23. The van der Waals surface area contributed by atoms with Crippen LogP contribution >= 0.6 is 0 Å². The number of aldehydes is 1. The Hall–Kier alpha value is -3.60. The number of nitriles is 1. The first-order chi connectivity index (χ1) is 14.2. The molecule has 1 saturated carbocycles. The first-order valence-corrected chi connectivity index (χ1v) is 9.23. The van der Waals surface area contributed by atoms with Crippen molar-refractivity contribution in [3.05, 3.63) is 71.6 Å². The predicted octanol–water partition coefficient (Wildman–Crippen LogP) is 4.64.